The number of nitrogens with zero attached hydrogens (tertiary/aromatic N) is 1. The summed E-state index contributed by atoms with van der Waals surface area (Å²) in [7, 11) is 1.59. The number of Topliss-reactive ketones (excluding diaryl/α,β-unsaturated/α-hetero) is 1. The third-order valence-corrected chi connectivity index (χ3v) is 6.43. The smallest absolute Gasteiger partial charge is 0.295 e. The molecule has 5 heteroatoms. The van der Waals surface area contributed by atoms with Gasteiger partial charge in [-0.05, 0) is 41.0 Å². The van der Waals surface area contributed by atoms with E-state index in [0.29, 0.717) is 11.3 Å². The highest BCUT2D eigenvalue weighted by atomic mass is 16.5. The Morgan fingerprint density at radius 3 is 2.46 bits per heavy atom. The molecule has 0 aromatic heterocycles. The number of fused-ring (bicyclic) bond motifs is 1. The molecule has 1 aliphatic heterocycles. The van der Waals surface area contributed by atoms with E-state index in [1.807, 2.05) is 91.9 Å². The van der Waals surface area contributed by atoms with Crippen molar-refractivity contribution in [3.8, 4) is 5.75 Å². The van der Waals surface area contributed by atoms with Crippen molar-refractivity contribution in [2.24, 2.45) is 0 Å². The van der Waals surface area contributed by atoms with Gasteiger partial charge in [0.05, 0.1) is 18.7 Å². The molecule has 5 nitrogen and oxygen atoms in total. The molecule has 35 heavy (non-hydrogen) atoms. The summed E-state index contributed by atoms with van der Waals surface area (Å²) >= 11 is 0. The van der Waals surface area contributed by atoms with Gasteiger partial charge in [0.1, 0.15) is 11.5 Å². The first-order valence-corrected chi connectivity index (χ1v) is 11.4. The standard InChI is InChI=1S/C30H25NO4/c1-19-8-5-12-22(16-19)27-26(28(32)25-15-7-11-21-10-3-4-14-24(21)25)29(33)30(34)31(27)18-20-9-6-13-23(17-20)35-2/h3-17,27,32H,18H2,1-2H3/b28-26-. The molecule has 0 saturated carbocycles. The minimum atomic E-state index is -0.722. The van der Waals surface area contributed by atoms with E-state index in [0.717, 1.165) is 27.5 Å². The third kappa shape index (κ3) is 4.06. The zero-order valence-corrected chi connectivity index (χ0v) is 19.6. The highest BCUT2D eigenvalue weighted by Gasteiger charge is 2.46. The van der Waals surface area contributed by atoms with Crippen LogP contribution >= 0.6 is 0 Å². The van der Waals surface area contributed by atoms with Crippen molar-refractivity contribution in [3.05, 3.63) is 119 Å². The normalized spacial score (nSPS) is 17.2. The van der Waals surface area contributed by atoms with Crippen LogP contribution < -0.4 is 4.74 Å². The van der Waals surface area contributed by atoms with Crippen molar-refractivity contribution in [2.75, 3.05) is 7.11 Å². The molecular weight excluding hydrogens is 438 g/mol. The van der Waals surface area contributed by atoms with Crippen LogP contribution in [0.2, 0.25) is 0 Å². The molecule has 0 radical (unpaired) electrons. The van der Waals surface area contributed by atoms with Crippen molar-refractivity contribution in [1.29, 1.82) is 0 Å². The fraction of sp³-hybridized carbons (Fsp3) is 0.133. The van der Waals surface area contributed by atoms with Gasteiger partial charge >= 0.3 is 0 Å². The molecule has 0 aliphatic carbocycles. The second-order valence-electron chi connectivity index (χ2n) is 8.72. The van der Waals surface area contributed by atoms with Gasteiger partial charge in [-0.2, -0.15) is 0 Å². The zero-order chi connectivity index (χ0) is 24.5. The first-order chi connectivity index (χ1) is 17.0. The number of methoxy groups -OCH3 is 1. The molecule has 0 spiro atoms. The van der Waals surface area contributed by atoms with Gasteiger partial charge in [0.15, 0.2) is 0 Å². The molecule has 1 fully saturated rings. The molecule has 1 aliphatic rings. The van der Waals surface area contributed by atoms with Gasteiger partial charge in [0.25, 0.3) is 11.7 Å². The second kappa shape index (κ2) is 9.11. The number of likely N-dealkylation sites (tertiary alicyclic amines) is 1. The number of aliphatic hydroxyl groups is 1. The summed E-state index contributed by atoms with van der Waals surface area (Å²) in [5, 5.41) is 13.3. The number of hydrogen-bond acceptors (Lipinski definition) is 4. The van der Waals surface area contributed by atoms with E-state index < -0.39 is 17.7 Å². The lowest BCUT2D eigenvalue weighted by atomic mass is 9.92. The number of amides is 1. The topological polar surface area (TPSA) is 66.8 Å². The van der Waals surface area contributed by atoms with Gasteiger partial charge in [-0.25, -0.2) is 0 Å². The summed E-state index contributed by atoms with van der Waals surface area (Å²) in [5.74, 6) is -0.826. The summed E-state index contributed by atoms with van der Waals surface area (Å²) in [6.07, 6.45) is 0. The highest BCUT2D eigenvalue weighted by Crippen LogP contribution is 2.41. The maximum absolute atomic E-state index is 13.4. The first kappa shape index (κ1) is 22.4. The maximum atomic E-state index is 13.4. The Bertz CT molecular complexity index is 1480. The Balaban J connectivity index is 1.70. The quantitative estimate of drug-likeness (QED) is 0.232. The van der Waals surface area contributed by atoms with Crippen molar-refractivity contribution in [3.63, 3.8) is 0 Å². The molecule has 1 saturated heterocycles. The Labute approximate surface area is 203 Å². The average molecular weight is 464 g/mol. The van der Waals surface area contributed by atoms with Crippen molar-refractivity contribution in [1.82, 2.24) is 4.90 Å². The largest absolute Gasteiger partial charge is 0.507 e. The van der Waals surface area contributed by atoms with E-state index in [4.69, 9.17) is 4.74 Å². The predicted molar refractivity (Wildman–Crippen MR) is 136 cm³/mol. The summed E-state index contributed by atoms with van der Waals surface area (Å²) in [4.78, 5) is 28.3. The van der Waals surface area contributed by atoms with Crippen LogP contribution in [0.15, 0.2) is 96.6 Å². The van der Waals surface area contributed by atoms with Gasteiger partial charge in [0.2, 0.25) is 0 Å². The molecule has 1 unspecified atom stereocenters. The number of benzene rings is 4. The van der Waals surface area contributed by atoms with E-state index in [9.17, 15) is 14.7 Å². The van der Waals surface area contributed by atoms with Gasteiger partial charge in [-0.15, -0.1) is 0 Å². The van der Waals surface area contributed by atoms with E-state index in [1.54, 1.807) is 13.2 Å². The molecule has 0 bridgehead atoms. The summed E-state index contributed by atoms with van der Waals surface area (Å²) in [6.45, 7) is 2.16. The summed E-state index contributed by atoms with van der Waals surface area (Å²) < 4.78 is 5.33. The van der Waals surface area contributed by atoms with E-state index >= 15 is 0 Å². The number of rotatable bonds is 5. The Hall–Kier alpha value is -4.38. The van der Waals surface area contributed by atoms with Crippen LogP contribution in [0.1, 0.15) is 28.3 Å². The van der Waals surface area contributed by atoms with E-state index in [2.05, 4.69) is 0 Å². The third-order valence-electron chi connectivity index (χ3n) is 6.43. The fourth-order valence-corrected chi connectivity index (χ4v) is 4.77. The van der Waals surface area contributed by atoms with E-state index in [-0.39, 0.29) is 17.9 Å². The molecule has 1 N–H and O–H groups in total. The molecule has 1 heterocycles. The monoisotopic (exact) mass is 463 g/mol. The molecule has 1 amide bonds. The minimum Gasteiger partial charge on any atom is -0.507 e. The van der Waals surface area contributed by atoms with E-state index in [1.165, 1.54) is 4.90 Å². The number of ether oxygens (including phenoxy) is 1. The Morgan fingerprint density at radius 1 is 0.914 bits per heavy atom. The lowest BCUT2D eigenvalue weighted by Gasteiger charge is -2.26. The maximum Gasteiger partial charge on any atom is 0.295 e. The SMILES string of the molecule is COc1cccc(CN2C(=O)C(=O)/C(=C(\O)c3cccc4ccccc34)C2c2cccc(C)c2)c1. The van der Waals surface area contributed by atoms with Crippen LogP contribution in [-0.2, 0) is 16.1 Å². The molecule has 4 aromatic carbocycles. The van der Waals surface area contributed by atoms with Gasteiger partial charge in [0, 0.05) is 12.1 Å². The number of aliphatic hydroxyl groups excluding tert-OH is 1. The molecule has 1 atom stereocenters. The number of hydrogen-bond donors (Lipinski definition) is 1. The number of carbonyl (C=O) groups excluding carboxylic acids is 2. The fourth-order valence-electron chi connectivity index (χ4n) is 4.77. The zero-order valence-electron chi connectivity index (χ0n) is 19.6. The average Bonchev–Trinajstić information content (AvgIpc) is 3.13. The molecule has 5 rings (SSSR count). The van der Waals surface area contributed by atoms with Crippen LogP contribution in [0.25, 0.3) is 16.5 Å². The van der Waals surface area contributed by atoms with Gasteiger partial charge in [-0.1, -0.05) is 84.4 Å². The van der Waals surface area contributed by atoms with Gasteiger partial charge < -0.3 is 14.7 Å². The Kier molecular flexibility index (Phi) is 5.83. The summed E-state index contributed by atoms with van der Waals surface area (Å²) in [5.41, 5.74) is 3.22. The van der Waals surface area contributed by atoms with Crippen molar-refractivity contribution >= 4 is 28.2 Å². The number of carbonyl (C=O) groups is 2. The van der Waals surface area contributed by atoms with Crippen LogP contribution in [0.4, 0.5) is 0 Å². The highest BCUT2D eigenvalue weighted by molar-refractivity contribution is 6.46. The van der Waals surface area contributed by atoms with Crippen LogP contribution in [0.5, 0.6) is 5.75 Å². The van der Waals surface area contributed by atoms with Crippen molar-refractivity contribution in [2.45, 2.75) is 19.5 Å². The van der Waals surface area contributed by atoms with Gasteiger partial charge in [-0.3, -0.25) is 9.59 Å². The molecule has 4 aromatic rings. The van der Waals surface area contributed by atoms with Crippen LogP contribution in [0.3, 0.4) is 0 Å². The lowest BCUT2D eigenvalue weighted by Crippen LogP contribution is -2.29. The van der Waals surface area contributed by atoms with Crippen molar-refractivity contribution < 1.29 is 19.4 Å². The molecular formula is C30H25NO4. The minimum absolute atomic E-state index is 0.0971. The Morgan fingerprint density at radius 2 is 1.66 bits per heavy atom. The second-order valence-corrected chi connectivity index (χ2v) is 8.72. The predicted octanol–water partition coefficient (Wildman–Crippen LogP) is 5.78. The number of aryl methyl sites for hydroxylation is 1. The number of ketones is 1. The lowest BCUT2D eigenvalue weighted by molar-refractivity contribution is -0.140. The first-order valence-electron chi connectivity index (χ1n) is 11.4. The van der Waals surface area contributed by atoms with Crippen LogP contribution in [0, 0.1) is 6.92 Å². The van der Waals surface area contributed by atoms with Crippen LogP contribution in [-0.4, -0.2) is 28.8 Å². The molecule has 174 valence electrons. The summed E-state index contributed by atoms with van der Waals surface area (Å²) in [6, 6.07) is 27.6.